The van der Waals surface area contributed by atoms with Gasteiger partial charge in [-0.1, -0.05) is 6.07 Å². The number of fused-ring (bicyclic) bond motifs is 1. The van der Waals surface area contributed by atoms with Gasteiger partial charge in [-0.25, -0.2) is 13.8 Å². The first-order chi connectivity index (χ1) is 14.0. The number of nitrogens with one attached hydrogen (secondary N) is 3. The molecule has 0 aliphatic carbocycles. The lowest BCUT2D eigenvalue weighted by atomic mass is 10.2. The Morgan fingerprint density at radius 1 is 1.03 bits per heavy atom. The zero-order valence-electron chi connectivity index (χ0n) is 14.7. The summed E-state index contributed by atoms with van der Waals surface area (Å²) in [5.41, 5.74) is 1.76. The van der Waals surface area contributed by atoms with Crippen molar-refractivity contribution in [2.45, 2.75) is 6.54 Å². The van der Waals surface area contributed by atoms with E-state index in [1.54, 1.807) is 18.2 Å². The Labute approximate surface area is 161 Å². The molecule has 4 rings (SSSR count). The first-order valence-corrected chi connectivity index (χ1v) is 8.40. The second-order valence-corrected chi connectivity index (χ2v) is 6.06. The number of nitro groups is 1. The summed E-state index contributed by atoms with van der Waals surface area (Å²) in [4.78, 5) is 15.0. The number of hydrogen-bond acceptors (Lipinski definition) is 7. The third-order valence-corrected chi connectivity index (χ3v) is 4.12. The number of rotatable bonds is 6. The molecule has 3 N–H and O–H groups in total. The molecular weight excluding hydrogens is 384 g/mol. The highest BCUT2D eigenvalue weighted by Crippen LogP contribution is 2.28. The molecule has 0 bridgehead atoms. The average molecular weight is 397 g/mol. The summed E-state index contributed by atoms with van der Waals surface area (Å²) in [6, 6.07) is 11.0. The molecule has 0 atom stereocenters. The lowest BCUT2D eigenvalue weighted by Crippen LogP contribution is -2.06. The number of H-pyrrole nitrogens is 1. The molecule has 0 saturated heterocycles. The third-order valence-electron chi connectivity index (χ3n) is 4.12. The fraction of sp³-hybridized carbons (Fsp3) is 0.0556. The van der Waals surface area contributed by atoms with Gasteiger partial charge >= 0.3 is 5.69 Å². The topological polar surface area (TPSA) is 122 Å². The van der Waals surface area contributed by atoms with Gasteiger partial charge in [0, 0.05) is 29.9 Å². The minimum Gasteiger partial charge on any atom is -0.366 e. The number of aromatic amines is 1. The minimum absolute atomic E-state index is 0.00224. The number of hydrogen-bond donors (Lipinski definition) is 3. The van der Waals surface area contributed by atoms with E-state index in [2.05, 4.69) is 31.0 Å². The van der Waals surface area contributed by atoms with Gasteiger partial charge in [-0.05, 0) is 30.3 Å². The summed E-state index contributed by atoms with van der Waals surface area (Å²) < 4.78 is 26.8. The fourth-order valence-corrected chi connectivity index (χ4v) is 2.70. The fourth-order valence-electron chi connectivity index (χ4n) is 2.70. The molecule has 2 aromatic carbocycles. The highest BCUT2D eigenvalue weighted by molar-refractivity contribution is 5.80. The third kappa shape index (κ3) is 3.93. The molecule has 0 unspecified atom stereocenters. The van der Waals surface area contributed by atoms with E-state index in [-0.39, 0.29) is 29.4 Å². The molecule has 4 aromatic rings. The van der Waals surface area contributed by atoms with Crippen LogP contribution in [0.5, 0.6) is 0 Å². The summed E-state index contributed by atoms with van der Waals surface area (Å²) in [7, 11) is 0. The number of nitrogens with zero attached hydrogens (tertiary/aromatic N) is 4. The normalized spacial score (nSPS) is 10.8. The molecular formula is C18H13F2N7O2. The minimum atomic E-state index is -0.696. The standard InChI is InChI=1S/C18H13F2N7O2/c19-11-2-1-10(13(20)7-11)9-21-17-6-5-16(27(28)29)18(23-17)22-12-3-4-14-15(8-12)25-26-24-14/h1-8H,9H2,(H2,21,22,23)(H,24,25,26). The van der Waals surface area contributed by atoms with E-state index in [4.69, 9.17) is 0 Å². The monoisotopic (exact) mass is 397 g/mol. The molecule has 0 spiro atoms. The highest BCUT2D eigenvalue weighted by Gasteiger charge is 2.17. The van der Waals surface area contributed by atoms with E-state index < -0.39 is 16.6 Å². The summed E-state index contributed by atoms with van der Waals surface area (Å²) in [6.07, 6.45) is 0. The zero-order chi connectivity index (χ0) is 20.4. The second-order valence-electron chi connectivity index (χ2n) is 6.06. The van der Waals surface area contributed by atoms with Crippen molar-refractivity contribution in [1.82, 2.24) is 20.4 Å². The van der Waals surface area contributed by atoms with Gasteiger partial charge in [-0.3, -0.25) is 10.1 Å². The van der Waals surface area contributed by atoms with Crippen LogP contribution in [0.4, 0.5) is 31.8 Å². The Kier molecular flexibility index (Phi) is 4.69. The average Bonchev–Trinajstić information content (AvgIpc) is 3.15. The maximum absolute atomic E-state index is 13.8. The number of pyridine rings is 1. The van der Waals surface area contributed by atoms with Crippen molar-refractivity contribution in [2.24, 2.45) is 0 Å². The summed E-state index contributed by atoms with van der Waals surface area (Å²) in [6.45, 7) is 0.0290. The van der Waals surface area contributed by atoms with Crippen molar-refractivity contribution < 1.29 is 13.7 Å². The van der Waals surface area contributed by atoms with E-state index in [9.17, 15) is 18.9 Å². The Hall–Kier alpha value is -4.15. The quantitative estimate of drug-likeness (QED) is 0.333. The van der Waals surface area contributed by atoms with E-state index in [0.29, 0.717) is 16.7 Å². The van der Waals surface area contributed by atoms with Gasteiger partial charge < -0.3 is 10.6 Å². The second kappa shape index (κ2) is 7.46. The molecule has 9 nitrogen and oxygen atoms in total. The Morgan fingerprint density at radius 3 is 2.66 bits per heavy atom. The number of benzene rings is 2. The van der Waals surface area contributed by atoms with Gasteiger partial charge in [0.1, 0.15) is 28.5 Å². The van der Waals surface area contributed by atoms with Gasteiger partial charge in [0.05, 0.1) is 4.92 Å². The van der Waals surface area contributed by atoms with Gasteiger partial charge in [0.15, 0.2) is 0 Å². The van der Waals surface area contributed by atoms with E-state index in [0.717, 1.165) is 12.1 Å². The zero-order valence-corrected chi connectivity index (χ0v) is 14.7. The van der Waals surface area contributed by atoms with E-state index >= 15 is 0 Å². The molecule has 2 aromatic heterocycles. The smallest absolute Gasteiger partial charge is 0.311 e. The van der Waals surface area contributed by atoms with Gasteiger partial charge in [-0.15, -0.1) is 0 Å². The molecule has 0 aliphatic heterocycles. The summed E-state index contributed by atoms with van der Waals surface area (Å²) in [5, 5.41) is 27.5. The molecule has 2 heterocycles. The molecule has 0 saturated carbocycles. The molecule has 11 heteroatoms. The van der Waals surface area contributed by atoms with Crippen LogP contribution in [0.3, 0.4) is 0 Å². The maximum Gasteiger partial charge on any atom is 0.311 e. The Bertz CT molecular complexity index is 1210. The van der Waals surface area contributed by atoms with Crippen LogP contribution in [0.1, 0.15) is 5.56 Å². The highest BCUT2D eigenvalue weighted by atomic mass is 19.1. The van der Waals surface area contributed by atoms with Crippen molar-refractivity contribution in [3.05, 3.63) is 75.8 Å². The maximum atomic E-state index is 13.8. The van der Waals surface area contributed by atoms with E-state index in [1.807, 2.05) is 0 Å². The Morgan fingerprint density at radius 2 is 1.86 bits per heavy atom. The molecule has 0 fully saturated rings. The van der Waals surface area contributed by atoms with Crippen LogP contribution in [-0.4, -0.2) is 25.3 Å². The van der Waals surface area contributed by atoms with Gasteiger partial charge in [-0.2, -0.15) is 15.4 Å². The predicted octanol–water partition coefficient (Wildman–Crippen LogP) is 3.90. The van der Waals surface area contributed by atoms with Gasteiger partial charge in [0.2, 0.25) is 5.82 Å². The summed E-state index contributed by atoms with van der Waals surface area (Å²) >= 11 is 0. The number of halogens is 2. The summed E-state index contributed by atoms with van der Waals surface area (Å²) in [5.74, 6) is -1.08. The first kappa shape index (κ1) is 18.2. The Balaban J connectivity index is 1.59. The van der Waals surface area contributed by atoms with Crippen LogP contribution < -0.4 is 10.6 Å². The van der Waals surface area contributed by atoms with Crippen LogP contribution in [0.25, 0.3) is 11.0 Å². The van der Waals surface area contributed by atoms with Gasteiger partial charge in [0.25, 0.3) is 0 Å². The largest absolute Gasteiger partial charge is 0.366 e. The van der Waals surface area contributed by atoms with Crippen LogP contribution in [0.2, 0.25) is 0 Å². The number of aromatic nitrogens is 4. The van der Waals surface area contributed by atoms with Crippen LogP contribution in [0, 0.1) is 21.7 Å². The first-order valence-electron chi connectivity index (χ1n) is 8.40. The lowest BCUT2D eigenvalue weighted by molar-refractivity contribution is -0.384. The molecule has 29 heavy (non-hydrogen) atoms. The molecule has 0 radical (unpaired) electrons. The predicted molar refractivity (Wildman–Crippen MR) is 102 cm³/mol. The molecule has 146 valence electrons. The van der Waals surface area contributed by atoms with Crippen molar-refractivity contribution in [3.8, 4) is 0 Å². The van der Waals surface area contributed by atoms with Crippen molar-refractivity contribution in [1.29, 1.82) is 0 Å². The van der Waals surface area contributed by atoms with Crippen LogP contribution >= 0.6 is 0 Å². The molecule has 0 aliphatic rings. The SMILES string of the molecule is O=[N+]([O-])c1ccc(NCc2ccc(F)cc2F)nc1Nc1ccc2n[nH]nc2c1. The van der Waals surface area contributed by atoms with Crippen molar-refractivity contribution >= 4 is 34.0 Å². The lowest BCUT2D eigenvalue weighted by Gasteiger charge is -2.10. The molecule has 0 amide bonds. The van der Waals surface area contributed by atoms with Crippen LogP contribution in [0.15, 0.2) is 48.5 Å². The number of anilines is 3. The van der Waals surface area contributed by atoms with E-state index in [1.165, 1.54) is 18.2 Å². The van der Waals surface area contributed by atoms with Crippen LogP contribution in [-0.2, 0) is 6.54 Å². The van der Waals surface area contributed by atoms with Crippen molar-refractivity contribution in [3.63, 3.8) is 0 Å². The van der Waals surface area contributed by atoms with Crippen molar-refractivity contribution in [2.75, 3.05) is 10.6 Å².